The van der Waals surface area contributed by atoms with Crippen LogP contribution in [-0.2, 0) is 9.59 Å². The first-order chi connectivity index (χ1) is 8.61. The van der Waals surface area contributed by atoms with E-state index in [2.05, 4.69) is 5.32 Å². The van der Waals surface area contributed by atoms with E-state index in [4.69, 9.17) is 10.8 Å². The van der Waals surface area contributed by atoms with Crippen LogP contribution < -0.4 is 11.1 Å². The number of hydrogen-bond donors (Lipinski definition) is 4. The molecule has 0 aromatic carbocycles. The average molecular weight is 274 g/mol. The number of aliphatic carboxylic acids is 1. The van der Waals surface area contributed by atoms with Crippen LogP contribution in [0.25, 0.3) is 0 Å². The number of carboxylic acids is 1. The molecule has 1 heterocycles. The van der Waals surface area contributed by atoms with Gasteiger partial charge in [0.15, 0.2) is 0 Å². The molecule has 1 rings (SSSR count). The van der Waals surface area contributed by atoms with Gasteiger partial charge in [0.05, 0.1) is 5.60 Å². The molecule has 1 fully saturated rings. The van der Waals surface area contributed by atoms with Crippen molar-refractivity contribution >= 4 is 11.9 Å². The van der Waals surface area contributed by atoms with Crippen molar-refractivity contribution in [2.24, 2.45) is 5.73 Å². The van der Waals surface area contributed by atoms with Gasteiger partial charge in [-0.25, -0.2) is 4.79 Å². The third-order valence-corrected chi connectivity index (χ3v) is 2.74. The molecule has 1 aliphatic heterocycles. The lowest BCUT2D eigenvalue weighted by molar-refractivity contribution is -0.140. The molecule has 0 saturated carbocycles. The predicted octanol–water partition coefficient (Wildman–Crippen LogP) is 0.624. The van der Waals surface area contributed by atoms with E-state index < -0.39 is 17.6 Å². The third-order valence-electron chi connectivity index (χ3n) is 2.74. The Bertz CT molecular complexity index is 298. The van der Waals surface area contributed by atoms with Gasteiger partial charge in [0.1, 0.15) is 6.04 Å². The molecule has 112 valence electrons. The van der Waals surface area contributed by atoms with E-state index in [-0.39, 0.29) is 11.9 Å². The summed E-state index contributed by atoms with van der Waals surface area (Å²) in [5.41, 5.74) is 5.02. The fourth-order valence-corrected chi connectivity index (χ4v) is 1.66. The molecule has 0 bridgehead atoms. The van der Waals surface area contributed by atoms with Crippen molar-refractivity contribution < 1.29 is 19.8 Å². The Labute approximate surface area is 114 Å². The maximum Gasteiger partial charge on any atom is 0.326 e. The molecule has 1 unspecified atom stereocenters. The monoisotopic (exact) mass is 274 g/mol. The Kier molecular flexibility index (Phi) is 7.63. The molecule has 0 aromatic rings. The summed E-state index contributed by atoms with van der Waals surface area (Å²) in [7, 11) is 0. The molecular weight excluding hydrogens is 248 g/mol. The normalized spacial score (nSPS) is 20.3. The molecule has 6 heteroatoms. The van der Waals surface area contributed by atoms with Gasteiger partial charge in [-0.15, -0.1) is 0 Å². The highest BCUT2D eigenvalue weighted by atomic mass is 16.4. The fraction of sp³-hybridized carbons (Fsp3) is 0.846. The van der Waals surface area contributed by atoms with Crippen molar-refractivity contribution in [3.63, 3.8) is 0 Å². The van der Waals surface area contributed by atoms with Crippen molar-refractivity contribution in [2.75, 3.05) is 0 Å². The summed E-state index contributed by atoms with van der Waals surface area (Å²) >= 11 is 0. The molecule has 1 amide bonds. The second-order valence-corrected chi connectivity index (χ2v) is 5.68. The largest absolute Gasteiger partial charge is 0.480 e. The number of aliphatic hydroxyl groups is 1. The topological polar surface area (TPSA) is 113 Å². The molecule has 0 aromatic heterocycles. The highest BCUT2D eigenvalue weighted by Gasteiger charge is 2.26. The van der Waals surface area contributed by atoms with Crippen LogP contribution in [0.5, 0.6) is 0 Å². The first kappa shape index (κ1) is 17.9. The van der Waals surface area contributed by atoms with Gasteiger partial charge in [-0.05, 0) is 46.5 Å². The molecule has 0 spiro atoms. The fourth-order valence-electron chi connectivity index (χ4n) is 1.66. The van der Waals surface area contributed by atoms with Gasteiger partial charge in [-0.1, -0.05) is 0 Å². The summed E-state index contributed by atoms with van der Waals surface area (Å²) < 4.78 is 0. The number of nitrogens with two attached hydrogens (primary N) is 1. The SMILES string of the molecule is CC(N)CCCC(C)(C)O.O=C1CC[C@@H](C(=O)O)N1. The van der Waals surface area contributed by atoms with Gasteiger partial charge in [0, 0.05) is 12.5 Å². The minimum atomic E-state index is -0.944. The quantitative estimate of drug-likeness (QED) is 0.587. The van der Waals surface area contributed by atoms with Gasteiger partial charge >= 0.3 is 5.97 Å². The molecule has 19 heavy (non-hydrogen) atoms. The summed E-state index contributed by atoms with van der Waals surface area (Å²) in [5.74, 6) is -1.11. The van der Waals surface area contributed by atoms with Crippen molar-refractivity contribution in [1.82, 2.24) is 5.32 Å². The van der Waals surface area contributed by atoms with E-state index in [1.165, 1.54) is 0 Å². The van der Waals surface area contributed by atoms with Crippen molar-refractivity contribution in [1.29, 1.82) is 0 Å². The Balaban J connectivity index is 0.000000342. The number of rotatable bonds is 5. The van der Waals surface area contributed by atoms with Crippen LogP contribution in [0, 0.1) is 0 Å². The van der Waals surface area contributed by atoms with Gasteiger partial charge in [-0.2, -0.15) is 0 Å². The summed E-state index contributed by atoms with van der Waals surface area (Å²) in [4.78, 5) is 20.5. The van der Waals surface area contributed by atoms with E-state index in [0.29, 0.717) is 12.8 Å². The van der Waals surface area contributed by atoms with Crippen LogP contribution in [0.4, 0.5) is 0 Å². The predicted molar refractivity (Wildman–Crippen MR) is 72.6 cm³/mol. The summed E-state index contributed by atoms with van der Waals surface area (Å²) in [5, 5.41) is 19.9. The lowest BCUT2D eigenvalue weighted by Gasteiger charge is -2.16. The molecule has 6 nitrogen and oxygen atoms in total. The zero-order valence-electron chi connectivity index (χ0n) is 12.0. The highest BCUT2D eigenvalue weighted by molar-refractivity contribution is 5.87. The lowest BCUT2D eigenvalue weighted by Crippen LogP contribution is -2.32. The van der Waals surface area contributed by atoms with Crippen molar-refractivity contribution in [3.05, 3.63) is 0 Å². The number of hydrogen-bond acceptors (Lipinski definition) is 4. The highest BCUT2D eigenvalue weighted by Crippen LogP contribution is 2.12. The first-order valence-electron chi connectivity index (χ1n) is 6.62. The second-order valence-electron chi connectivity index (χ2n) is 5.68. The van der Waals surface area contributed by atoms with E-state index in [1.807, 2.05) is 20.8 Å². The summed E-state index contributed by atoms with van der Waals surface area (Å²) in [6.45, 7) is 5.65. The minimum Gasteiger partial charge on any atom is -0.480 e. The van der Waals surface area contributed by atoms with Gasteiger partial charge in [-0.3, -0.25) is 4.79 Å². The summed E-state index contributed by atoms with van der Waals surface area (Å²) in [6.07, 6.45) is 3.63. The van der Waals surface area contributed by atoms with Gasteiger partial charge < -0.3 is 21.3 Å². The molecule has 2 atom stereocenters. The maximum absolute atomic E-state index is 10.4. The van der Waals surface area contributed by atoms with E-state index in [0.717, 1.165) is 19.3 Å². The van der Waals surface area contributed by atoms with Crippen LogP contribution in [0.1, 0.15) is 52.9 Å². The van der Waals surface area contributed by atoms with Crippen LogP contribution in [0.3, 0.4) is 0 Å². The van der Waals surface area contributed by atoms with E-state index in [9.17, 15) is 14.7 Å². The van der Waals surface area contributed by atoms with Crippen molar-refractivity contribution in [2.45, 2.75) is 70.6 Å². The van der Waals surface area contributed by atoms with Crippen molar-refractivity contribution in [3.8, 4) is 0 Å². The molecule has 1 saturated heterocycles. The smallest absolute Gasteiger partial charge is 0.326 e. The summed E-state index contributed by atoms with van der Waals surface area (Å²) in [6, 6.07) is -0.375. The molecule has 0 aliphatic carbocycles. The van der Waals surface area contributed by atoms with E-state index >= 15 is 0 Å². The van der Waals surface area contributed by atoms with Gasteiger partial charge in [0.2, 0.25) is 5.91 Å². The maximum atomic E-state index is 10.4. The number of amides is 1. The standard InChI is InChI=1S/C8H19NO.C5H7NO3/c1-7(9)5-4-6-8(2,3)10;7-4-2-1-3(6-4)5(8)9/h7,10H,4-6,9H2,1-3H3;3H,1-2H2,(H,6,7)(H,8,9)/t;3-/m.0/s1. The molecule has 0 radical (unpaired) electrons. The Hall–Kier alpha value is -1.14. The van der Waals surface area contributed by atoms with Crippen LogP contribution >= 0.6 is 0 Å². The van der Waals surface area contributed by atoms with Crippen LogP contribution in [0.2, 0.25) is 0 Å². The molecule has 1 aliphatic rings. The number of carbonyl (C=O) groups excluding carboxylic acids is 1. The number of carbonyl (C=O) groups is 2. The lowest BCUT2D eigenvalue weighted by atomic mass is 10.0. The van der Waals surface area contributed by atoms with E-state index in [1.54, 1.807) is 0 Å². The number of nitrogens with one attached hydrogen (secondary N) is 1. The van der Waals surface area contributed by atoms with Crippen LogP contribution in [0.15, 0.2) is 0 Å². The first-order valence-corrected chi connectivity index (χ1v) is 6.62. The minimum absolute atomic E-state index is 0.164. The Morgan fingerprint density at radius 1 is 1.58 bits per heavy atom. The molecule has 5 N–H and O–H groups in total. The second kappa shape index (κ2) is 8.12. The van der Waals surface area contributed by atoms with Crippen LogP contribution in [-0.4, -0.2) is 39.8 Å². The average Bonchev–Trinajstić information content (AvgIpc) is 2.63. The number of carboxylic acid groups (broad SMARTS) is 1. The zero-order chi connectivity index (χ0) is 15.1. The zero-order valence-corrected chi connectivity index (χ0v) is 12.0. The molecular formula is C13H26N2O4. The third kappa shape index (κ3) is 10.5. The Morgan fingerprint density at radius 2 is 2.16 bits per heavy atom. The van der Waals surface area contributed by atoms with Gasteiger partial charge in [0.25, 0.3) is 0 Å². The Morgan fingerprint density at radius 3 is 2.42 bits per heavy atom.